The van der Waals surface area contributed by atoms with Gasteiger partial charge in [0, 0.05) is 0 Å². The van der Waals surface area contributed by atoms with E-state index in [-0.39, 0.29) is 0 Å². The molecule has 2 nitrogen and oxygen atoms in total. The summed E-state index contributed by atoms with van der Waals surface area (Å²) in [6, 6.07) is 20.0. The minimum absolute atomic E-state index is 1.09. The molecule has 19 heavy (non-hydrogen) atoms. The van der Waals surface area contributed by atoms with Crippen LogP contribution in [-0.4, -0.2) is 32.1 Å². The minimum atomic E-state index is -3.77. The third kappa shape index (κ3) is 3.11. The molecule has 0 spiro atoms. The maximum atomic E-state index is 4.83. The van der Waals surface area contributed by atoms with Crippen LogP contribution in [0.25, 0.3) is 0 Å². The van der Waals surface area contributed by atoms with E-state index >= 15 is 0 Å². The van der Waals surface area contributed by atoms with Gasteiger partial charge in [-0.3, -0.25) is 0 Å². The molecule has 0 heterocycles. The van der Waals surface area contributed by atoms with Gasteiger partial charge in [-0.2, -0.15) is 0 Å². The predicted molar refractivity (Wildman–Crippen MR) is 88.0 cm³/mol. The molecular weight excluding hydrogens is 468 g/mol. The van der Waals surface area contributed by atoms with Crippen molar-refractivity contribution in [3.8, 4) is 0 Å². The molecule has 0 aromatic heterocycles. The van der Waals surface area contributed by atoms with E-state index in [9.17, 15) is 0 Å². The Labute approximate surface area is 128 Å². The van der Waals surface area contributed by atoms with E-state index in [0.29, 0.717) is 0 Å². The third-order valence-corrected chi connectivity index (χ3v) is 16.4. The second-order valence-corrected chi connectivity index (χ2v) is 15.6. The van der Waals surface area contributed by atoms with Gasteiger partial charge in [-0.15, -0.1) is 0 Å². The summed E-state index contributed by atoms with van der Waals surface area (Å²) in [7, 11) is 0. The zero-order chi connectivity index (χ0) is 13.6. The molecular formula is C14H10N2PbS2. The quantitative estimate of drug-likeness (QED) is 0.384. The van der Waals surface area contributed by atoms with Crippen molar-refractivity contribution in [2.24, 2.45) is 5.60 Å². The number of hydrogen-bond donors (Lipinski definition) is 0. The molecule has 0 bridgehead atoms. The molecule has 2 rings (SSSR count). The zero-order valence-corrected chi connectivity index (χ0v) is 15.5. The van der Waals surface area contributed by atoms with Gasteiger partial charge < -0.3 is 0 Å². The van der Waals surface area contributed by atoms with Crippen molar-refractivity contribution in [2.75, 3.05) is 0 Å². The summed E-state index contributed by atoms with van der Waals surface area (Å²) < 4.78 is 11.1. The molecule has 0 unspecified atom stereocenters. The summed E-state index contributed by atoms with van der Waals surface area (Å²) in [5.41, 5.74) is 0. The van der Waals surface area contributed by atoms with Crippen LogP contribution in [0.1, 0.15) is 0 Å². The fraction of sp³-hybridized carbons (Fsp3) is 0. The molecule has 0 fully saturated rings. The molecule has 0 radical (unpaired) electrons. The van der Waals surface area contributed by atoms with Gasteiger partial charge >= 0.3 is 129 Å². The van der Waals surface area contributed by atoms with Crippen LogP contribution in [0.2, 0.25) is 0 Å². The topological polar surface area (TPSA) is 24.7 Å². The Morgan fingerprint density at radius 3 is 1.37 bits per heavy atom. The number of nitrogens with zero attached hydrogens (tertiary/aromatic N) is 2. The van der Waals surface area contributed by atoms with Gasteiger partial charge in [0.1, 0.15) is 0 Å². The van der Waals surface area contributed by atoms with E-state index in [1.165, 1.54) is 0 Å². The van der Waals surface area contributed by atoms with Crippen LogP contribution in [0.3, 0.4) is 0 Å². The maximum absolute atomic E-state index is 4.83. The molecule has 0 saturated carbocycles. The standard InChI is InChI=1S/2C6H5.2CNS.Pb/c2*1-2-4-6-5-3-1;2*2-1-3;/h2*1-5H;;;/q;;2*-1;+2. The Hall–Kier alpha value is -1.04. The summed E-state index contributed by atoms with van der Waals surface area (Å²) >= 11 is 5.89. The fourth-order valence-corrected chi connectivity index (χ4v) is 13.9. The third-order valence-electron chi connectivity index (χ3n) is 2.77. The molecule has 0 atom stereocenters. The van der Waals surface area contributed by atoms with Crippen LogP contribution in [0, 0.1) is 0 Å². The van der Waals surface area contributed by atoms with E-state index < -0.39 is 21.8 Å². The van der Waals surface area contributed by atoms with E-state index in [1.807, 2.05) is 60.7 Å². The number of isothiocyanates is 2. The number of benzene rings is 2. The van der Waals surface area contributed by atoms with E-state index in [0.717, 1.165) is 6.25 Å². The second kappa shape index (κ2) is 6.94. The molecule has 0 aliphatic rings. The van der Waals surface area contributed by atoms with Crippen LogP contribution in [0.15, 0.2) is 66.3 Å². The molecule has 0 saturated heterocycles. The fourth-order valence-electron chi connectivity index (χ4n) is 1.92. The molecule has 0 aliphatic carbocycles. The van der Waals surface area contributed by atoms with Gasteiger partial charge in [-0.25, -0.2) is 0 Å². The van der Waals surface area contributed by atoms with Gasteiger partial charge in [0.25, 0.3) is 0 Å². The first-order valence-corrected chi connectivity index (χ1v) is 13.8. The molecule has 2 aromatic rings. The molecule has 92 valence electrons. The van der Waals surface area contributed by atoms with Crippen LogP contribution in [0.4, 0.5) is 0 Å². The van der Waals surface area contributed by atoms with Gasteiger partial charge in [-0.1, -0.05) is 0 Å². The van der Waals surface area contributed by atoms with Crippen LogP contribution >= 0.6 is 24.4 Å². The number of thiocarbonyl (C=S) groups is 2. The van der Waals surface area contributed by atoms with Crippen molar-refractivity contribution < 1.29 is 0 Å². The Kier molecular flexibility index (Phi) is 5.25. The average molecular weight is 478 g/mol. The molecule has 5 heteroatoms. The summed E-state index contributed by atoms with van der Waals surface area (Å²) in [5.74, 6) is 0. The molecule has 2 aromatic carbocycles. The number of hydrogen-bond acceptors (Lipinski definition) is 4. The second-order valence-electron chi connectivity index (χ2n) is 3.81. The van der Waals surface area contributed by atoms with Crippen LogP contribution in [0.5, 0.6) is 0 Å². The summed E-state index contributed by atoms with van der Waals surface area (Å²) in [5, 5.41) is 5.03. The van der Waals surface area contributed by atoms with Crippen molar-refractivity contribution in [1.82, 2.24) is 0 Å². The van der Waals surface area contributed by atoms with Crippen LogP contribution < -0.4 is 6.25 Å². The Bertz CT molecular complexity index is 586. The Morgan fingerprint density at radius 1 is 0.684 bits per heavy atom. The summed E-state index contributed by atoms with van der Waals surface area (Å²) in [6.07, 6.45) is 0. The summed E-state index contributed by atoms with van der Waals surface area (Å²) in [4.78, 5) is 0. The Balaban J connectivity index is 2.75. The van der Waals surface area contributed by atoms with E-state index in [1.54, 1.807) is 0 Å². The van der Waals surface area contributed by atoms with Gasteiger partial charge in [0.15, 0.2) is 0 Å². The first-order valence-electron chi connectivity index (χ1n) is 5.62. The van der Waals surface area contributed by atoms with Crippen molar-refractivity contribution in [3.05, 3.63) is 60.7 Å². The number of rotatable bonds is 4. The summed E-state index contributed by atoms with van der Waals surface area (Å²) in [6.45, 7) is 0. The average Bonchev–Trinajstić information content (AvgIpc) is 2.49. The molecule has 0 aliphatic heterocycles. The van der Waals surface area contributed by atoms with Gasteiger partial charge in [-0.05, 0) is 0 Å². The van der Waals surface area contributed by atoms with E-state index in [2.05, 4.69) is 15.9 Å². The molecule has 0 N–H and O–H groups in total. The molecule has 0 amide bonds. The first-order chi connectivity index (χ1) is 9.33. The van der Waals surface area contributed by atoms with Gasteiger partial charge in [0.05, 0.1) is 0 Å². The Morgan fingerprint density at radius 2 is 1.05 bits per heavy atom. The monoisotopic (exact) mass is 478 g/mol. The SMILES string of the molecule is S=C=[N][Pb]([N]=C=S)([c]1ccccc1)[c]1ccccc1. The van der Waals surface area contributed by atoms with Gasteiger partial charge in [0.2, 0.25) is 0 Å². The zero-order valence-electron chi connectivity index (χ0n) is 9.98. The van der Waals surface area contributed by atoms with E-state index in [4.69, 9.17) is 24.4 Å². The van der Waals surface area contributed by atoms with Crippen molar-refractivity contribution in [1.29, 1.82) is 0 Å². The van der Waals surface area contributed by atoms with Crippen LogP contribution in [-0.2, 0) is 0 Å². The first kappa shape index (κ1) is 14.4. The van der Waals surface area contributed by atoms with Crippen molar-refractivity contribution in [2.45, 2.75) is 0 Å². The van der Waals surface area contributed by atoms with Crippen molar-refractivity contribution >= 4 is 62.8 Å². The normalized spacial score (nSPS) is 10.1. The predicted octanol–water partition coefficient (Wildman–Crippen LogP) is 2.45. The van der Waals surface area contributed by atoms with Crippen molar-refractivity contribution in [3.63, 3.8) is 0 Å².